The largest absolute Gasteiger partial charge is 0.488 e. The number of ether oxygens (including phenoxy) is 2. The molecule has 1 aromatic rings. The number of pyridine rings is 1. The smallest absolute Gasteiger partial charge is 0.142 e. The van der Waals surface area contributed by atoms with Gasteiger partial charge in [-0.15, -0.1) is 0 Å². The predicted molar refractivity (Wildman–Crippen MR) is 66.1 cm³/mol. The van der Waals surface area contributed by atoms with Gasteiger partial charge in [0.25, 0.3) is 0 Å². The lowest BCUT2D eigenvalue weighted by Gasteiger charge is -2.34. The van der Waals surface area contributed by atoms with Crippen molar-refractivity contribution in [2.75, 3.05) is 21.2 Å². The molecule has 0 atom stereocenters. The Kier molecular flexibility index (Phi) is 3.97. The molecule has 1 aromatic heterocycles. The third-order valence-electron chi connectivity index (χ3n) is 2.99. The van der Waals surface area contributed by atoms with Crippen molar-refractivity contribution in [2.45, 2.75) is 31.6 Å². The van der Waals surface area contributed by atoms with E-state index in [1.807, 2.05) is 32.4 Å². The maximum Gasteiger partial charge on any atom is 0.142 e. The summed E-state index contributed by atoms with van der Waals surface area (Å²) in [6, 6.07) is 3.91. The molecule has 1 aliphatic carbocycles. The molecule has 0 aromatic carbocycles. The molecule has 0 saturated heterocycles. The summed E-state index contributed by atoms with van der Waals surface area (Å²) in [6.45, 7) is 0.802. The second-order valence-electron chi connectivity index (χ2n) is 4.75. The van der Waals surface area contributed by atoms with E-state index < -0.39 is 0 Å². The van der Waals surface area contributed by atoms with Crippen molar-refractivity contribution in [3.05, 3.63) is 24.0 Å². The highest BCUT2D eigenvalue weighted by Gasteiger charge is 2.31. The van der Waals surface area contributed by atoms with Crippen LogP contribution in [0.3, 0.4) is 0 Å². The highest BCUT2D eigenvalue weighted by Crippen LogP contribution is 2.29. The summed E-state index contributed by atoms with van der Waals surface area (Å²) in [7, 11) is 5.81. The Bertz CT molecular complexity index is 362. The Balaban J connectivity index is 1.96. The molecule has 94 valence electrons. The van der Waals surface area contributed by atoms with Crippen LogP contribution in [0.1, 0.15) is 18.5 Å². The molecular formula is C13H20N2O2. The minimum Gasteiger partial charge on any atom is -0.488 e. The molecule has 1 aliphatic rings. The number of rotatable bonds is 5. The number of hydrogen-bond donors (Lipinski definition) is 0. The minimum absolute atomic E-state index is 0.282. The van der Waals surface area contributed by atoms with Crippen molar-refractivity contribution < 1.29 is 9.47 Å². The van der Waals surface area contributed by atoms with Gasteiger partial charge in [-0.2, -0.15) is 0 Å². The third-order valence-corrected chi connectivity index (χ3v) is 2.99. The summed E-state index contributed by atoms with van der Waals surface area (Å²) < 4.78 is 11.2. The van der Waals surface area contributed by atoms with Crippen molar-refractivity contribution in [3.8, 4) is 5.75 Å². The molecule has 0 amide bonds. The summed E-state index contributed by atoms with van der Waals surface area (Å²) in [5.74, 6) is 0.903. The summed E-state index contributed by atoms with van der Waals surface area (Å²) in [5, 5.41) is 0. The van der Waals surface area contributed by atoms with Crippen LogP contribution in [0.4, 0.5) is 0 Å². The average molecular weight is 236 g/mol. The van der Waals surface area contributed by atoms with Gasteiger partial charge in [-0.05, 0) is 26.2 Å². The standard InChI is InChI=1S/C13H20N2O2/c1-15(2)9-12-13(5-4-6-14-12)17-11-7-10(8-11)16-3/h4-6,10-11H,7-9H2,1-3H3. The molecule has 0 aliphatic heterocycles. The van der Waals surface area contributed by atoms with Crippen LogP contribution in [0.25, 0.3) is 0 Å². The van der Waals surface area contributed by atoms with Crippen LogP contribution in [-0.4, -0.2) is 43.3 Å². The van der Waals surface area contributed by atoms with Gasteiger partial charge in [0.2, 0.25) is 0 Å². The predicted octanol–water partition coefficient (Wildman–Crippen LogP) is 1.70. The zero-order valence-corrected chi connectivity index (χ0v) is 10.7. The van der Waals surface area contributed by atoms with Crippen molar-refractivity contribution in [1.29, 1.82) is 0 Å². The monoisotopic (exact) mass is 236 g/mol. The molecule has 2 rings (SSSR count). The van der Waals surface area contributed by atoms with Gasteiger partial charge in [-0.1, -0.05) is 0 Å². The van der Waals surface area contributed by atoms with Gasteiger partial charge in [0.1, 0.15) is 11.9 Å². The Morgan fingerprint density at radius 1 is 1.35 bits per heavy atom. The maximum absolute atomic E-state index is 5.95. The van der Waals surface area contributed by atoms with E-state index in [1.165, 1.54) is 0 Å². The van der Waals surface area contributed by atoms with E-state index in [-0.39, 0.29) is 6.10 Å². The van der Waals surface area contributed by atoms with E-state index >= 15 is 0 Å². The molecule has 0 unspecified atom stereocenters. The van der Waals surface area contributed by atoms with Crippen molar-refractivity contribution in [2.24, 2.45) is 0 Å². The Morgan fingerprint density at radius 3 is 2.76 bits per heavy atom. The van der Waals surface area contributed by atoms with Crippen molar-refractivity contribution >= 4 is 0 Å². The van der Waals surface area contributed by atoms with E-state index in [4.69, 9.17) is 9.47 Å². The lowest BCUT2D eigenvalue weighted by atomic mass is 9.92. The molecule has 1 fully saturated rings. The number of nitrogens with zero attached hydrogens (tertiary/aromatic N) is 2. The fourth-order valence-electron chi connectivity index (χ4n) is 1.93. The van der Waals surface area contributed by atoms with Gasteiger partial charge in [-0.25, -0.2) is 0 Å². The SMILES string of the molecule is COC1CC(Oc2cccnc2CN(C)C)C1. The lowest BCUT2D eigenvalue weighted by molar-refractivity contribution is -0.0387. The fraction of sp³-hybridized carbons (Fsp3) is 0.615. The summed E-state index contributed by atoms with van der Waals surface area (Å²) in [6.07, 6.45) is 4.42. The van der Waals surface area contributed by atoms with Crippen LogP contribution in [0.2, 0.25) is 0 Å². The zero-order valence-electron chi connectivity index (χ0n) is 10.7. The van der Waals surface area contributed by atoms with Crippen LogP contribution in [0.15, 0.2) is 18.3 Å². The molecular weight excluding hydrogens is 216 g/mol. The maximum atomic E-state index is 5.95. The minimum atomic E-state index is 0.282. The number of aromatic nitrogens is 1. The Morgan fingerprint density at radius 2 is 2.12 bits per heavy atom. The summed E-state index contributed by atoms with van der Waals surface area (Å²) >= 11 is 0. The quantitative estimate of drug-likeness (QED) is 0.779. The Hall–Kier alpha value is -1.13. The first-order valence-corrected chi connectivity index (χ1v) is 5.97. The van der Waals surface area contributed by atoms with E-state index in [0.29, 0.717) is 6.10 Å². The van der Waals surface area contributed by atoms with Gasteiger partial charge >= 0.3 is 0 Å². The number of methoxy groups -OCH3 is 1. The molecule has 1 saturated carbocycles. The van der Waals surface area contributed by atoms with Crippen molar-refractivity contribution in [1.82, 2.24) is 9.88 Å². The highest BCUT2D eigenvalue weighted by atomic mass is 16.5. The topological polar surface area (TPSA) is 34.6 Å². The zero-order chi connectivity index (χ0) is 12.3. The van der Waals surface area contributed by atoms with Crippen molar-refractivity contribution in [3.63, 3.8) is 0 Å². The van der Waals surface area contributed by atoms with E-state index in [2.05, 4.69) is 9.88 Å². The number of hydrogen-bond acceptors (Lipinski definition) is 4. The first-order chi connectivity index (χ1) is 8.19. The van der Waals surface area contributed by atoms with Crippen LogP contribution < -0.4 is 4.74 Å². The summed E-state index contributed by atoms with van der Waals surface area (Å²) in [4.78, 5) is 6.46. The molecule has 0 bridgehead atoms. The highest BCUT2D eigenvalue weighted by molar-refractivity contribution is 5.27. The molecule has 4 heteroatoms. The van der Waals surface area contributed by atoms with E-state index in [1.54, 1.807) is 7.11 Å². The van der Waals surface area contributed by atoms with Gasteiger partial charge in [0, 0.05) is 32.7 Å². The van der Waals surface area contributed by atoms with E-state index in [0.717, 1.165) is 30.8 Å². The first kappa shape index (κ1) is 12.3. The first-order valence-electron chi connectivity index (χ1n) is 5.97. The normalized spacial score (nSPS) is 23.5. The van der Waals surface area contributed by atoms with Crippen LogP contribution in [0.5, 0.6) is 5.75 Å². The van der Waals surface area contributed by atoms with Gasteiger partial charge in [0.15, 0.2) is 0 Å². The van der Waals surface area contributed by atoms with Crippen LogP contribution in [-0.2, 0) is 11.3 Å². The molecule has 4 nitrogen and oxygen atoms in total. The molecule has 17 heavy (non-hydrogen) atoms. The lowest BCUT2D eigenvalue weighted by Crippen LogP contribution is -2.39. The fourth-order valence-corrected chi connectivity index (χ4v) is 1.93. The Labute approximate surface area is 103 Å². The summed E-state index contributed by atoms with van der Waals surface area (Å²) in [5.41, 5.74) is 0.998. The molecule has 0 spiro atoms. The van der Waals surface area contributed by atoms with Gasteiger partial charge in [0.05, 0.1) is 11.8 Å². The second kappa shape index (κ2) is 5.47. The van der Waals surface area contributed by atoms with Crippen LogP contribution in [0, 0.1) is 0 Å². The van der Waals surface area contributed by atoms with Gasteiger partial charge < -0.3 is 14.4 Å². The van der Waals surface area contributed by atoms with Gasteiger partial charge in [-0.3, -0.25) is 4.98 Å². The average Bonchev–Trinajstić information content (AvgIpc) is 2.24. The third kappa shape index (κ3) is 3.17. The molecule has 1 heterocycles. The molecule has 0 N–H and O–H groups in total. The van der Waals surface area contributed by atoms with Crippen LogP contribution >= 0.6 is 0 Å². The van der Waals surface area contributed by atoms with E-state index in [9.17, 15) is 0 Å². The molecule has 0 radical (unpaired) electrons. The second-order valence-corrected chi connectivity index (χ2v) is 4.75.